The molecule has 0 aromatic heterocycles. The quantitative estimate of drug-likeness (QED) is 0.769. The van der Waals surface area contributed by atoms with Gasteiger partial charge in [-0.25, -0.2) is 12.7 Å². The van der Waals surface area contributed by atoms with Crippen LogP contribution >= 0.6 is 0 Å². The van der Waals surface area contributed by atoms with Gasteiger partial charge < -0.3 is 5.32 Å². The number of rotatable bonds is 8. The number of amides is 1. The summed E-state index contributed by atoms with van der Waals surface area (Å²) < 4.78 is 62.3. The highest BCUT2D eigenvalue weighted by Crippen LogP contribution is 2.30. The largest absolute Gasteiger partial charge is 0.416 e. The average Bonchev–Trinajstić information content (AvgIpc) is 2.45. The molecule has 1 aromatic carbocycles. The van der Waals surface area contributed by atoms with Crippen LogP contribution in [0.2, 0.25) is 0 Å². The van der Waals surface area contributed by atoms with E-state index in [1.165, 1.54) is 16.4 Å². The Bertz CT molecular complexity index is 660. The van der Waals surface area contributed by atoms with E-state index in [-0.39, 0.29) is 18.7 Å². The number of alkyl halides is 3. The molecule has 0 bridgehead atoms. The molecular formula is C15H21F3N2O3S. The summed E-state index contributed by atoms with van der Waals surface area (Å²) in [6.07, 6.45) is -2.08. The van der Waals surface area contributed by atoms with E-state index in [1.807, 2.05) is 6.92 Å². The van der Waals surface area contributed by atoms with Crippen LogP contribution in [-0.2, 0) is 21.0 Å². The molecule has 1 aromatic rings. The van der Waals surface area contributed by atoms with Crippen molar-refractivity contribution in [3.05, 3.63) is 29.8 Å². The van der Waals surface area contributed by atoms with E-state index < -0.39 is 27.7 Å². The first-order chi connectivity index (χ1) is 11.0. The van der Waals surface area contributed by atoms with Crippen molar-refractivity contribution in [2.75, 3.05) is 24.7 Å². The molecule has 0 atom stereocenters. The van der Waals surface area contributed by atoms with Crippen LogP contribution in [-0.4, -0.2) is 38.0 Å². The zero-order valence-corrected chi connectivity index (χ0v) is 14.4. The fourth-order valence-electron chi connectivity index (χ4n) is 2.00. The van der Waals surface area contributed by atoms with Crippen molar-refractivity contribution in [2.45, 2.75) is 32.4 Å². The van der Waals surface area contributed by atoms with E-state index in [9.17, 15) is 26.4 Å². The van der Waals surface area contributed by atoms with Crippen molar-refractivity contribution in [1.82, 2.24) is 4.31 Å². The van der Waals surface area contributed by atoms with Gasteiger partial charge in [0, 0.05) is 25.2 Å². The first-order valence-corrected chi connectivity index (χ1v) is 9.31. The van der Waals surface area contributed by atoms with Gasteiger partial charge in [-0.3, -0.25) is 4.79 Å². The molecule has 0 aliphatic heterocycles. The Morgan fingerprint density at radius 3 is 2.46 bits per heavy atom. The number of hydrogen-bond donors (Lipinski definition) is 1. The molecule has 0 aliphatic carbocycles. The van der Waals surface area contributed by atoms with E-state index in [0.717, 1.165) is 24.8 Å². The smallest absolute Gasteiger partial charge is 0.326 e. The minimum atomic E-state index is -4.49. The van der Waals surface area contributed by atoms with Crippen molar-refractivity contribution in [1.29, 1.82) is 0 Å². The molecule has 0 unspecified atom stereocenters. The third-order valence-electron chi connectivity index (χ3n) is 3.29. The summed E-state index contributed by atoms with van der Waals surface area (Å²) in [5.74, 6) is -0.542. The number of halogens is 3. The number of carbonyl (C=O) groups excluding carboxylic acids is 1. The van der Waals surface area contributed by atoms with Crippen LogP contribution in [0.1, 0.15) is 31.7 Å². The van der Waals surface area contributed by atoms with Gasteiger partial charge in [-0.2, -0.15) is 13.2 Å². The molecule has 0 saturated heterocycles. The predicted molar refractivity (Wildman–Crippen MR) is 86.0 cm³/mol. The van der Waals surface area contributed by atoms with Gasteiger partial charge in [0.05, 0.1) is 11.8 Å². The molecule has 136 valence electrons. The molecule has 9 heteroatoms. The van der Waals surface area contributed by atoms with Crippen molar-refractivity contribution in [3.8, 4) is 0 Å². The lowest BCUT2D eigenvalue weighted by atomic mass is 10.2. The summed E-state index contributed by atoms with van der Waals surface area (Å²) in [5.41, 5.74) is -0.838. The molecule has 0 spiro atoms. The van der Waals surface area contributed by atoms with Gasteiger partial charge in [-0.1, -0.05) is 19.4 Å². The van der Waals surface area contributed by atoms with Gasteiger partial charge >= 0.3 is 6.18 Å². The maximum absolute atomic E-state index is 12.6. The summed E-state index contributed by atoms with van der Waals surface area (Å²) in [4.78, 5) is 11.9. The summed E-state index contributed by atoms with van der Waals surface area (Å²) in [7, 11) is -3.43. The molecule has 0 radical (unpaired) electrons. The maximum atomic E-state index is 12.6. The van der Waals surface area contributed by atoms with Crippen molar-refractivity contribution in [2.24, 2.45) is 0 Å². The topological polar surface area (TPSA) is 66.5 Å². The fraction of sp³-hybridized carbons (Fsp3) is 0.533. The Hall–Kier alpha value is -1.61. The third kappa shape index (κ3) is 6.88. The highest BCUT2D eigenvalue weighted by Gasteiger charge is 2.30. The molecule has 1 amide bonds. The number of anilines is 1. The first-order valence-electron chi connectivity index (χ1n) is 7.46. The van der Waals surface area contributed by atoms with Crippen LogP contribution in [0.3, 0.4) is 0 Å². The molecule has 1 N–H and O–H groups in total. The molecule has 0 fully saturated rings. The van der Waals surface area contributed by atoms with Crippen LogP contribution in [0.4, 0.5) is 18.9 Å². The Kier molecular flexibility index (Phi) is 7.22. The Morgan fingerprint density at radius 1 is 1.25 bits per heavy atom. The van der Waals surface area contributed by atoms with Crippen LogP contribution in [0, 0.1) is 0 Å². The lowest BCUT2D eigenvalue weighted by molar-refractivity contribution is -0.137. The summed E-state index contributed by atoms with van der Waals surface area (Å²) in [5, 5.41) is 2.36. The van der Waals surface area contributed by atoms with E-state index in [1.54, 1.807) is 0 Å². The standard InChI is InChI=1S/C15H21F3N2O3S/c1-3-4-9-20(24(2,22)23)10-8-14(21)19-13-7-5-6-12(11-13)15(16,17)18/h5-7,11H,3-4,8-10H2,1-2H3,(H,19,21). The van der Waals surface area contributed by atoms with Gasteiger partial charge in [0.1, 0.15) is 0 Å². The monoisotopic (exact) mass is 366 g/mol. The number of carbonyl (C=O) groups is 1. The minimum absolute atomic E-state index is 0.0103. The fourth-order valence-corrected chi connectivity index (χ4v) is 2.88. The zero-order chi connectivity index (χ0) is 18.4. The lowest BCUT2D eigenvalue weighted by Crippen LogP contribution is -2.33. The van der Waals surface area contributed by atoms with Crippen LogP contribution < -0.4 is 5.32 Å². The number of unbranched alkanes of at least 4 members (excludes halogenated alkanes) is 1. The molecule has 0 saturated carbocycles. The van der Waals surface area contributed by atoms with E-state index >= 15 is 0 Å². The van der Waals surface area contributed by atoms with Gasteiger partial charge in [-0.05, 0) is 24.6 Å². The van der Waals surface area contributed by atoms with Crippen molar-refractivity contribution < 1.29 is 26.4 Å². The second-order valence-electron chi connectivity index (χ2n) is 5.39. The molecule has 0 aliphatic rings. The predicted octanol–water partition coefficient (Wildman–Crippen LogP) is 3.10. The molecule has 5 nitrogen and oxygen atoms in total. The van der Waals surface area contributed by atoms with Gasteiger partial charge in [-0.15, -0.1) is 0 Å². The summed E-state index contributed by atoms with van der Waals surface area (Å²) in [6.45, 7) is 2.22. The van der Waals surface area contributed by atoms with E-state index in [0.29, 0.717) is 13.0 Å². The highest BCUT2D eigenvalue weighted by molar-refractivity contribution is 7.88. The number of benzene rings is 1. The number of sulfonamides is 1. The van der Waals surface area contributed by atoms with Crippen molar-refractivity contribution in [3.63, 3.8) is 0 Å². The van der Waals surface area contributed by atoms with Crippen LogP contribution in [0.25, 0.3) is 0 Å². The normalized spacial score (nSPS) is 12.4. The number of nitrogens with one attached hydrogen (secondary N) is 1. The average molecular weight is 366 g/mol. The van der Waals surface area contributed by atoms with E-state index in [4.69, 9.17) is 0 Å². The van der Waals surface area contributed by atoms with Crippen LogP contribution in [0.15, 0.2) is 24.3 Å². The lowest BCUT2D eigenvalue weighted by Gasteiger charge is -2.19. The maximum Gasteiger partial charge on any atom is 0.416 e. The summed E-state index contributed by atoms with van der Waals surface area (Å²) in [6, 6.07) is 4.29. The minimum Gasteiger partial charge on any atom is -0.326 e. The molecule has 1 rings (SSSR count). The zero-order valence-electron chi connectivity index (χ0n) is 13.6. The Morgan fingerprint density at radius 2 is 1.92 bits per heavy atom. The SMILES string of the molecule is CCCCN(CCC(=O)Nc1cccc(C(F)(F)F)c1)S(C)(=O)=O. The van der Waals surface area contributed by atoms with Crippen LogP contribution in [0.5, 0.6) is 0 Å². The molecule has 0 heterocycles. The Balaban J connectivity index is 2.66. The third-order valence-corrected chi connectivity index (χ3v) is 4.60. The summed E-state index contributed by atoms with van der Waals surface area (Å²) >= 11 is 0. The second-order valence-corrected chi connectivity index (χ2v) is 7.37. The van der Waals surface area contributed by atoms with Gasteiger partial charge in [0.2, 0.25) is 15.9 Å². The number of nitrogens with zero attached hydrogens (tertiary/aromatic N) is 1. The second kappa shape index (κ2) is 8.48. The first kappa shape index (κ1) is 20.4. The van der Waals surface area contributed by atoms with Gasteiger partial charge in [0.25, 0.3) is 0 Å². The van der Waals surface area contributed by atoms with E-state index in [2.05, 4.69) is 5.32 Å². The number of hydrogen-bond acceptors (Lipinski definition) is 3. The molecular weight excluding hydrogens is 345 g/mol. The highest BCUT2D eigenvalue weighted by atomic mass is 32.2. The van der Waals surface area contributed by atoms with Gasteiger partial charge in [0.15, 0.2) is 0 Å². The molecule has 24 heavy (non-hydrogen) atoms. The Labute approximate surface area is 139 Å². The van der Waals surface area contributed by atoms with Crippen molar-refractivity contribution >= 4 is 21.6 Å².